The van der Waals surface area contributed by atoms with Gasteiger partial charge in [-0.2, -0.15) is 0 Å². The van der Waals surface area contributed by atoms with Gasteiger partial charge in [-0.25, -0.2) is 8.42 Å². The van der Waals surface area contributed by atoms with E-state index in [-0.39, 0.29) is 4.90 Å². The third-order valence-electron chi connectivity index (χ3n) is 3.65. The van der Waals surface area contributed by atoms with Crippen LogP contribution in [0.4, 0.5) is 0 Å². The Morgan fingerprint density at radius 1 is 1.18 bits per heavy atom. The van der Waals surface area contributed by atoms with Crippen LogP contribution in [0.25, 0.3) is 0 Å². The van der Waals surface area contributed by atoms with Crippen molar-refractivity contribution in [3.63, 3.8) is 0 Å². The lowest BCUT2D eigenvalue weighted by atomic mass is 9.97. The van der Waals surface area contributed by atoms with Crippen molar-refractivity contribution < 1.29 is 13.2 Å². The molecule has 1 N–H and O–H groups in total. The molecule has 0 aromatic heterocycles. The molecular formula is C16H20ClNO3S. The molecule has 1 aromatic rings. The molecule has 1 aliphatic rings. The van der Waals surface area contributed by atoms with Crippen LogP contribution < -0.4 is 5.32 Å². The van der Waals surface area contributed by atoms with Gasteiger partial charge in [0.15, 0.2) is 9.84 Å². The maximum absolute atomic E-state index is 12.1. The molecule has 0 atom stereocenters. The van der Waals surface area contributed by atoms with Gasteiger partial charge in [0, 0.05) is 11.6 Å². The highest BCUT2D eigenvalue weighted by Crippen LogP contribution is 2.19. The number of carbonyl (C=O) groups is 1. The number of rotatable bonds is 6. The second-order valence-corrected chi connectivity index (χ2v) is 7.85. The highest BCUT2D eigenvalue weighted by atomic mass is 35.5. The van der Waals surface area contributed by atoms with Crippen LogP contribution in [0, 0.1) is 0 Å². The van der Waals surface area contributed by atoms with Crippen LogP contribution in [-0.2, 0) is 14.6 Å². The average molecular weight is 342 g/mol. The van der Waals surface area contributed by atoms with E-state index in [0.29, 0.717) is 11.6 Å². The Morgan fingerprint density at radius 2 is 1.91 bits per heavy atom. The number of allylic oxidation sites excluding steroid dienone is 1. The summed E-state index contributed by atoms with van der Waals surface area (Å²) in [6.45, 7) is 0.487. The number of halogens is 1. The van der Waals surface area contributed by atoms with Gasteiger partial charge in [0.05, 0.1) is 4.90 Å². The van der Waals surface area contributed by atoms with Crippen LogP contribution in [0.5, 0.6) is 0 Å². The lowest BCUT2D eigenvalue weighted by Gasteiger charge is -2.13. The molecule has 2 rings (SSSR count). The van der Waals surface area contributed by atoms with Gasteiger partial charge < -0.3 is 5.32 Å². The third-order valence-corrected chi connectivity index (χ3v) is 5.53. The fraction of sp³-hybridized carbons (Fsp3) is 0.438. The fourth-order valence-electron chi connectivity index (χ4n) is 2.44. The number of benzene rings is 1. The molecule has 0 aliphatic heterocycles. The van der Waals surface area contributed by atoms with Gasteiger partial charge >= 0.3 is 0 Å². The topological polar surface area (TPSA) is 63.2 Å². The molecule has 1 aromatic carbocycles. The first-order valence-corrected chi connectivity index (χ1v) is 9.43. The van der Waals surface area contributed by atoms with E-state index < -0.39 is 21.5 Å². The van der Waals surface area contributed by atoms with Crippen molar-refractivity contribution >= 4 is 27.3 Å². The van der Waals surface area contributed by atoms with Gasteiger partial charge in [0.2, 0.25) is 5.91 Å². The summed E-state index contributed by atoms with van der Waals surface area (Å²) in [7, 11) is -3.62. The van der Waals surface area contributed by atoms with Crippen LogP contribution >= 0.6 is 11.6 Å². The summed E-state index contributed by atoms with van der Waals surface area (Å²) in [5, 5.41) is 3.14. The minimum Gasteiger partial charge on any atom is -0.355 e. The minimum atomic E-state index is -3.62. The van der Waals surface area contributed by atoms with Gasteiger partial charge in [0.1, 0.15) is 5.75 Å². The molecular weight excluding hydrogens is 322 g/mol. The zero-order valence-electron chi connectivity index (χ0n) is 12.3. The first-order chi connectivity index (χ1) is 10.5. The first-order valence-electron chi connectivity index (χ1n) is 7.40. The van der Waals surface area contributed by atoms with Crippen molar-refractivity contribution in [1.29, 1.82) is 0 Å². The van der Waals surface area contributed by atoms with Crippen molar-refractivity contribution in [2.45, 2.75) is 37.0 Å². The number of hydrogen-bond donors (Lipinski definition) is 1. The standard InChI is InChI=1S/C16H20ClNO3S/c17-14-6-8-15(9-7-14)22(20,21)12-16(19)18-11-10-13-4-2-1-3-5-13/h4,6-9H,1-3,5,10-12H2,(H,18,19). The molecule has 0 fully saturated rings. The quantitative estimate of drug-likeness (QED) is 0.808. The summed E-state index contributed by atoms with van der Waals surface area (Å²) in [5.41, 5.74) is 1.35. The smallest absolute Gasteiger partial charge is 0.235 e. The van der Waals surface area contributed by atoms with E-state index in [1.807, 2.05) is 0 Å². The van der Waals surface area contributed by atoms with E-state index in [4.69, 9.17) is 11.6 Å². The van der Waals surface area contributed by atoms with Crippen molar-refractivity contribution in [3.05, 3.63) is 40.9 Å². The van der Waals surface area contributed by atoms with Crippen LogP contribution in [-0.4, -0.2) is 26.6 Å². The third kappa shape index (κ3) is 5.14. The number of carbonyl (C=O) groups excluding carboxylic acids is 1. The Morgan fingerprint density at radius 3 is 2.55 bits per heavy atom. The predicted molar refractivity (Wildman–Crippen MR) is 87.7 cm³/mol. The van der Waals surface area contributed by atoms with Crippen LogP contribution in [0.15, 0.2) is 40.8 Å². The molecule has 0 bridgehead atoms. The minimum absolute atomic E-state index is 0.113. The van der Waals surface area contributed by atoms with Crippen molar-refractivity contribution in [1.82, 2.24) is 5.32 Å². The SMILES string of the molecule is O=C(CS(=O)(=O)c1ccc(Cl)cc1)NCCC1=CCCCC1. The van der Waals surface area contributed by atoms with Crippen LogP contribution in [0.3, 0.4) is 0 Å². The lowest BCUT2D eigenvalue weighted by molar-refractivity contribution is -0.118. The zero-order chi connectivity index (χ0) is 16.0. The Hall–Kier alpha value is -1.33. The van der Waals surface area contributed by atoms with E-state index >= 15 is 0 Å². The van der Waals surface area contributed by atoms with E-state index in [0.717, 1.165) is 19.3 Å². The van der Waals surface area contributed by atoms with Crippen molar-refractivity contribution in [2.75, 3.05) is 12.3 Å². The Bertz CT molecular complexity index is 650. The second-order valence-electron chi connectivity index (χ2n) is 5.42. The molecule has 0 heterocycles. The van der Waals surface area contributed by atoms with Gasteiger partial charge in [-0.1, -0.05) is 23.3 Å². The van der Waals surface area contributed by atoms with Gasteiger partial charge in [-0.05, 0) is 56.4 Å². The molecule has 1 amide bonds. The summed E-state index contributed by atoms with van der Waals surface area (Å²) < 4.78 is 24.2. The van der Waals surface area contributed by atoms with Gasteiger partial charge in [-0.15, -0.1) is 0 Å². The first kappa shape index (κ1) is 17.0. The summed E-state index contributed by atoms with van der Waals surface area (Å²) in [4.78, 5) is 11.9. The summed E-state index contributed by atoms with van der Waals surface area (Å²) in [6.07, 6.45) is 7.64. The predicted octanol–water partition coefficient (Wildman–Crippen LogP) is 3.12. The monoisotopic (exact) mass is 341 g/mol. The summed E-state index contributed by atoms with van der Waals surface area (Å²) in [5.74, 6) is -1.00. The molecule has 0 saturated heterocycles. The molecule has 120 valence electrons. The Labute approximate surface area is 136 Å². The van der Waals surface area contributed by atoms with Crippen molar-refractivity contribution in [3.8, 4) is 0 Å². The number of sulfone groups is 1. The van der Waals surface area contributed by atoms with Gasteiger partial charge in [0.25, 0.3) is 0 Å². The molecule has 4 nitrogen and oxygen atoms in total. The molecule has 1 aliphatic carbocycles. The highest BCUT2D eigenvalue weighted by molar-refractivity contribution is 7.92. The molecule has 0 unspecified atom stereocenters. The number of amides is 1. The molecule has 0 spiro atoms. The highest BCUT2D eigenvalue weighted by Gasteiger charge is 2.19. The lowest BCUT2D eigenvalue weighted by Crippen LogP contribution is -2.31. The fourth-order valence-corrected chi connectivity index (χ4v) is 3.73. The van der Waals surface area contributed by atoms with E-state index in [1.165, 1.54) is 42.7 Å². The van der Waals surface area contributed by atoms with E-state index in [2.05, 4.69) is 11.4 Å². The Balaban J connectivity index is 1.83. The van der Waals surface area contributed by atoms with Gasteiger partial charge in [-0.3, -0.25) is 4.79 Å². The maximum Gasteiger partial charge on any atom is 0.235 e. The molecule has 0 saturated carbocycles. The zero-order valence-corrected chi connectivity index (χ0v) is 13.9. The van der Waals surface area contributed by atoms with Crippen LogP contribution in [0.1, 0.15) is 32.1 Å². The second kappa shape index (κ2) is 7.79. The normalized spacial score (nSPS) is 15.2. The summed E-state index contributed by atoms with van der Waals surface area (Å²) in [6, 6.07) is 5.83. The van der Waals surface area contributed by atoms with Crippen LogP contribution in [0.2, 0.25) is 5.02 Å². The van der Waals surface area contributed by atoms with E-state index in [1.54, 1.807) is 0 Å². The molecule has 6 heteroatoms. The Kier molecular flexibility index (Phi) is 6.03. The average Bonchev–Trinajstić information content (AvgIpc) is 2.48. The molecule has 0 radical (unpaired) electrons. The molecule has 22 heavy (non-hydrogen) atoms. The maximum atomic E-state index is 12.1. The van der Waals surface area contributed by atoms with Crippen molar-refractivity contribution in [2.24, 2.45) is 0 Å². The number of hydrogen-bond acceptors (Lipinski definition) is 3. The number of nitrogens with one attached hydrogen (secondary N) is 1. The van der Waals surface area contributed by atoms with E-state index in [9.17, 15) is 13.2 Å². The summed E-state index contributed by atoms with van der Waals surface area (Å²) >= 11 is 5.73. The largest absolute Gasteiger partial charge is 0.355 e.